The van der Waals surface area contributed by atoms with Gasteiger partial charge in [0.25, 0.3) is 0 Å². The first kappa shape index (κ1) is 15.4. The van der Waals surface area contributed by atoms with Gasteiger partial charge in [0.1, 0.15) is 5.01 Å². The summed E-state index contributed by atoms with van der Waals surface area (Å²) in [4.78, 5) is 7.51. The molecule has 1 aromatic heterocycles. The minimum absolute atomic E-state index is 0.172. The standard InChI is InChI=1S/C17H29N3S/c1-16(2,3)14-11-21-15(19-14)10-20-9-5-7-17(13-20)6-4-8-18-12-17/h11,18H,4-10,12-13H2,1-3H3. The number of hydrogen-bond donors (Lipinski definition) is 1. The molecule has 3 nitrogen and oxygen atoms in total. The zero-order valence-electron chi connectivity index (χ0n) is 13.7. The van der Waals surface area contributed by atoms with Gasteiger partial charge in [0.2, 0.25) is 0 Å². The number of rotatable bonds is 2. The van der Waals surface area contributed by atoms with Crippen molar-refractivity contribution in [1.29, 1.82) is 0 Å². The van der Waals surface area contributed by atoms with Gasteiger partial charge in [0.05, 0.1) is 12.2 Å². The third kappa shape index (κ3) is 3.66. The summed E-state index contributed by atoms with van der Waals surface area (Å²) in [6, 6.07) is 0. The molecule has 0 amide bonds. The molecule has 21 heavy (non-hydrogen) atoms. The first-order valence-corrected chi connectivity index (χ1v) is 9.23. The molecule has 1 atom stereocenters. The van der Waals surface area contributed by atoms with Crippen molar-refractivity contribution in [3.8, 4) is 0 Å². The zero-order valence-corrected chi connectivity index (χ0v) is 14.6. The molecule has 2 aliphatic heterocycles. The highest BCUT2D eigenvalue weighted by Crippen LogP contribution is 2.36. The summed E-state index contributed by atoms with van der Waals surface area (Å²) in [7, 11) is 0. The molecule has 2 saturated heterocycles. The Balaban J connectivity index is 1.63. The summed E-state index contributed by atoms with van der Waals surface area (Å²) in [6.07, 6.45) is 5.50. The minimum atomic E-state index is 0.172. The van der Waals surface area contributed by atoms with Gasteiger partial charge in [-0.2, -0.15) is 0 Å². The molecule has 118 valence electrons. The SMILES string of the molecule is CC(C)(C)c1csc(CN2CCCC3(CCCNC3)C2)n1. The minimum Gasteiger partial charge on any atom is -0.316 e. The predicted molar refractivity (Wildman–Crippen MR) is 89.9 cm³/mol. The van der Waals surface area contributed by atoms with Gasteiger partial charge in [-0.25, -0.2) is 4.98 Å². The third-order valence-corrected chi connectivity index (χ3v) is 5.81. The van der Waals surface area contributed by atoms with Crippen molar-refractivity contribution < 1.29 is 0 Å². The lowest BCUT2D eigenvalue weighted by atomic mass is 9.74. The van der Waals surface area contributed by atoms with E-state index in [0.29, 0.717) is 5.41 Å². The molecule has 0 bridgehead atoms. The molecule has 0 radical (unpaired) electrons. The fourth-order valence-corrected chi connectivity index (χ4v) is 4.81. The average molecular weight is 308 g/mol. The van der Waals surface area contributed by atoms with E-state index >= 15 is 0 Å². The summed E-state index contributed by atoms with van der Waals surface area (Å²) >= 11 is 1.84. The number of nitrogens with zero attached hydrogens (tertiary/aromatic N) is 2. The van der Waals surface area contributed by atoms with Crippen LogP contribution in [0.1, 0.15) is 57.2 Å². The molecule has 1 aromatic rings. The Morgan fingerprint density at radius 2 is 2.14 bits per heavy atom. The largest absolute Gasteiger partial charge is 0.316 e. The molecule has 3 heterocycles. The first-order valence-electron chi connectivity index (χ1n) is 8.35. The third-order valence-electron chi connectivity index (χ3n) is 4.98. The van der Waals surface area contributed by atoms with E-state index in [4.69, 9.17) is 4.98 Å². The van der Waals surface area contributed by atoms with E-state index in [1.165, 1.54) is 62.6 Å². The molecule has 2 aliphatic rings. The zero-order chi connectivity index (χ0) is 14.9. The highest BCUT2D eigenvalue weighted by atomic mass is 32.1. The molecule has 0 aliphatic carbocycles. The monoisotopic (exact) mass is 307 g/mol. The molecule has 1 spiro atoms. The van der Waals surface area contributed by atoms with Gasteiger partial charge in [-0.15, -0.1) is 11.3 Å². The second-order valence-electron chi connectivity index (χ2n) is 7.97. The van der Waals surface area contributed by atoms with Gasteiger partial charge in [0, 0.05) is 23.9 Å². The lowest BCUT2D eigenvalue weighted by Gasteiger charge is -2.45. The summed E-state index contributed by atoms with van der Waals surface area (Å²) in [6.45, 7) is 12.7. The van der Waals surface area contributed by atoms with Crippen LogP contribution in [0.25, 0.3) is 0 Å². The number of aromatic nitrogens is 1. The number of likely N-dealkylation sites (tertiary alicyclic amines) is 1. The lowest BCUT2D eigenvalue weighted by molar-refractivity contribution is 0.0600. The van der Waals surface area contributed by atoms with Crippen molar-refractivity contribution in [1.82, 2.24) is 15.2 Å². The van der Waals surface area contributed by atoms with E-state index in [2.05, 4.69) is 36.4 Å². The second-order valence-corrected chi connectivity index (χ2v) is 8.91. The van der Waals surface area contributed by atoms with E-state index in [9.17, 15) is 0 Å². The Hall–Kier alpha value is -0.450. The second kappa shape index (κ2) is 5.98. The van der Waals surface area contributed by atoms with E-state index < -0.39 is 0 Å². The van der Waals surface area contributed by atoms with Gasteiger partial charge < -0.3 is 5.32 Å². The number of hydrogen-bond acceptors (Lipinski definition) is 4. The van der Waals surface area contributed by atoms with Crippen LogP contribution < -0.4 is 5.32 Å². The molecule has 1 N–H and O–H groups in total. The summed E-state index contributed by atoms with van der Waals surface area (Å²) in [5.41, 5.74) is 1.96. The van der Waals surface area contributed by atoms with E-state index in [1.807, 2.05) is 11.3 Å². The number of piperidine rings is 2. The topological polar surface area (TPSA) is 28.2 Å². The first-order chi connectivity index (χ1) is 9.97. The molecule has 2 fully saturated rings. The average Bonchev–Trinajstić information content (AvgIpc) is 2.88. The highest BCUT2D eigenvalue weighted by molar-refractivity contribution is 7.09. The Labute approximate surface area is 133 Å². The smallest absolute Gasteiger partial charge is 0.107 e. The van der Waals surface area contributed by atoms with Crippen LogP contribution in [0.3, 0.4) is 0 Å². The molecule has 4 heteroatoms. The number of thiazole rings is 1. The van der Waals surface area contributed by atoms with Crippen LogP contribution in [0.4, 0.5) is 0 Å². The van der Waals surface area contributed by atoms with Crippen LogP contribution in [0, 0.1) is 5.41 Å². The maximum atomic E-state index is 4.87. The Kier molecular flexibility index (Phi) is 4.40. The maximum Gasteiger partial charge on any atom is 0.107 e. The normalized spacial score (nSPS) is 28.1. The van der Waals surface area contributed by atoms with Crippen LogP contribution >= 0.6 is 11.3 Å². The van der Waals surface area contributed by atoms with Crippen molar-refractivity contribution in [2.45, 2.75) is 58.4 Å². The van der Waals surface area contributed by atoms with Crippen molar-refractivity contribution in [2.24, 2.45) is 5.41 Å². The van der Waals surface area contributed by atoms with Crippen LogP contribution in [-0.4, -0.2) is 36.1 Å². The fraction of sp³-hybridized carbons (Fsp3) is 0.824. The number of nitrogens with one attached hydrogen (secondary N) is 1. The maximum absolute atomic E-state index is 4.87. The van der Waals surface area contributed by atoms with Crippen LogP contribution in [0.2, 0.25) is 0 Å². The van der Waals surface area contributed by atoms with Crippen molar-refractivity contribution in [3.63, 3.8) is 0 Å². The Morgan fingerprint density at radius 3 is 2.81 bits per heavy atom. The fourth-order valence-electron chi connectivity index (χ4n) is 3.74. The molecular formula is C17H29N3S. The van der Waals surface area contributed by atoms with Crippen molar-refractivity contribution >= 4 is 11.3 Å². The summed E-state index contributed by atoms with van der Waals surface area (Å²) in [5.74, 6) is 0. The van der Waals surface area contributed by atoms with Gasteiger partial charge in [-0.05, 0) is 44.2 Å². The van der Waals surface area contributed by atoms with Gasteiger partial charge in [-0.1, -0.05) is 20.8 Å². The van der Waals surface area contributed by atoms with Crippen molar-refractivity contribution in [3.05, 3.63) is 16.1 Å². The molecule has 3 rings (SSSR count). The molecular weight excluding hydrogens is 278 g/mol. The van der Waals surface area contributed by atoms with E-state index in [0.717, 1.165) is 6.54 Å². The lowest BCUT2D eigenvalue weighted by Crippen LogP contribution is -2.50. The molecule has 0 saturated carbocycles. The van der Waals surface area contributed by atoms with Crippen LogP contribution in [-0.2, 0) is 12.0 Å². The predicted octanol–water partition coefficient (Wildman–Crippen LogP) is 3.41. The molecule has 1 unspecified atom stereocenters. The Morgan fingerprint density at radius 1 is 1.33 bits per heavy atom. The molecule has 0 aromatic carbocycles. The van der Waals surface area contributed by atoms with Gasteiger partial charge >= 0.3 is 0 Å². The summed E-state index contributed by atoms with van der Waals surface area (Å²) < 4.78 is 0. The highest BCUT2D eigenvalue weighted by Gasteiger charge is 2.36. The van der Waals surface area contributed by atoms with Gasteiger partial charge in [0.15, 0.2) is 0 Å². The summed E-state index contributed by atoms with van der Waals surface area (Å²) in [5, 5.41) is 7.15. The van der Waals surface area contributed by atoms with E-state index in [1.54, 1.807) is 0 Å². The van der Waals surface area contributed by atoms with E-state index in [-0.39, 0.29) is 5.41 Å². The van der Waals surface area contributed by atoms with Gasteiger partial charge in [-0.3, -0.25) is 4.90 Å². The Bertz CT molecular complexity index is 463. The van der Waals surface area contributed by atoms with Crippen molar-refractivity contribution in [2.75, 3.05) is 26.2 Å². The van der Waals surface area contributed by atoms with Crippen LogP contribution in [0.5, 0.6) is 0 Å². The van der Waals surface area contributed by atoms with Crippen LogP contribution in [0.15, 0.2) is 5.38 Å². The quantitative estimate of drug-likeness (QED) is 0.907.